The normalized spacial score (nSPS) is 11.7. The van der Waals surface area contributed by atoms with Crippen LogP contribution in [0, 0.1) is 0 Å². The van der Waals surface area contributed by atoms with Gasteiger partial charge in [0.1, 0.15) is 11.9 Å². The lowest BCUT2D eigenvalue weighted by atomic mass is 10.3. The first-order chi connectivity index (χ1) is 11.2. The molecule has 1 aromatic carbocycles. The molecule has 0 aliphatic rings. The summed E-state index contributed by atoms with van der Waals surface area (Å²) in [5, 5.41) is 16.4. The summed E-state index contributed by atoms with van der Waals surface area (Å²) in [6.45, 7) is 0.467. The van der Waals surface area contributed by atoms with Gasteiger partial charge in [-0.05, 0) is 23.6 Å². The Morgan fingerprint density at radius 1 is 1.30 bits per heavy atom. The molecule has 1 unspecified atom stereocenters. The number of thiophene rings is 1. The number of aliphatic hydroxyl groups is 1. The van der Waals surface area contributed by atoms with Crippen LogP contribution in [0.25, 0.3) is 0 Å². The molecular weight excluding hydrogens is 316 g/mol. The van der Waals surface area contributed by atoms with E-state index in [9.17, 15) is 4.79 Å². The Kier molecular flexibility index (Phi) is 6.86. The van der Waals surface area contributed by atoms with E-state index in [2.05, 4.69) is 10.6 Å². The molecule has 23 heavy (non-hydrogen) atoms. The van der Waals surface area contributed by atoms with Crippen LogP contribution in [0.4, 0.5) is 10.5 Å². The van der Waals surface area contributed by atoms with E-state index in [1.807, 2.05) is 29.6 Å². The van der Waals surface area contributed by atoms with Gasteiger partial charge in [0, 0.05) is 4.88 Å². The molecule has 0 saturated heterocycles. The summed E-state index contributed by atoms with van der Waals surface area (Å²) in [5.41, 5.74) is 0.594. The Morgan fingerprint density at radius 3 is 2.83 bits per heavy atom. The van der Waals surface area contributed by atoms with Crippen LogP contribution in [-0.2, 0) is 4.74 Å². The lowest BCUT2D eigenvalue weighted by molar-refractivity contribution is 0.0316. The van der Waals surface area contributed by atoms with E-state index in [0.717, 1.165) is 4.88 Å². The molecule has 0 fully saturated rings. The molecule has 2 aromatic rings. The molecule has 1 atom stereocenters. The SMILES string of the molecule is COc1ccccc1NC(=O)NCC(OCCO)c1cccs1. The van der Waals surface area contributed by atoms with Crippen molar-refractivity contribution >= 4 is 23.1 Å². The third kappa shape index (κ3) is 5.24. The number of carbonyl (C=O) groups is 1. The molecule has 2 rings (SSSR count). The molecule has 0 spiro atoms. The molecule has 0 radical (unpaired) electrons. The number of aliphatic hydroxyl groups excluding tert-OH is 1. The Balaban J connectivity index is 1.91. The van der Waals surface area contributed by atoms with Crippen molar-refractivity contribution in [2.45, 2.75) is 6.10 Å². The highest BCUT2D eigenvalue weighted by molar-refractivity contribution is 7.10. The highest BCUT2D eigenvalue weighted by Crippen LogP contribution is 2.24. The Morgan fingerprint density at radius 2 is 2.13 bits per heavy atom. The van der Waals surface area contributed by atoms with Gasteiger partial charge in [0.25, 0.3) is 0 Å². The van der Waals surface area contributed by atoms with Crippen molar-refractivity contribution in [3.8, 4) is 5.75 Å². The third-order valence-electron chi connectivity index (χ3n) is 3.07. The summed E-state index contributed by atoms with van der Waals surface area (Å²) in [5.74, 6) is 0.592. The molecule has 2 amide bonds. The zero-order chi connectivity index (χ0) is 16.5. The van der Waals surface area contributed by atoms with E-state index >= 15 is 0 Å². The van der Waals surface area contributed by atoms with Crippen molar-refractivity contribution in [2.75, 3.05) is 32.2 Å². The lowest BCUT2D eigenvalue weighted by Crippen LogP contribution is -2.33. The molecule has 1 heterocycles. The summed E-state index contributed by atoms with van der Waals surface area (Å²) in [4.78, 5) is 13.0. The van der Waals surface area contributed by atoms with Crippen molar-refractivity contribution in [3.05, 3.63) is 46.7 Å². The summed E-state index contributed by atoms with van der Waals surface area (Å²) < 4.78 is 10.8. The van der Waals surface area contributed by atoms with Crippen molar-refractivity contribution in [1.82, 2.24) is 5.32 Å². The second-order valence-electron chi connectivity index (χ2n) is 4.63. The molecule has 0 bridgehead atoms. The zero-order valence-electron chi connectivity index (χ0n) is 12.8. The molecular formula is C16H20N2O4S. The molecule has 0 aliphatic carbocycles. The van der Waals surface area contributed by atoms with E-state index in [1.165, 1.54) is 0 Å². The van der Waals surface area contributed by atoms with Crippen LogP contribution in [0.2, 0.25) is 0 Å². The van der Waals surface area contributed by atoms with Crippen LogP contribution in [-0.4, -0.2) is 38.0 Å². The van der Waals surface area contributed by atoms with E-state index in [-0.39, 0.29) is 25.3 Å². The number of carbonyl (C=O) groups excluding carboxylic acids is 1. The van der Waals surface area contributed by atoms with Crippen molar-refractivity contribution < 1.29 is 19.4 Å². The van der Waals surface area contributed by atoms with E-state index in [4.69, 9.17) is 14.6 Å². The van der Waals surface area contributed by atoms with Gasteiger partial charge in [-0.3, -0.25) is 0 Å². The van der Waals surface area contributed by atoms with Crippen LogP contribution in [0.1, 0.15) is 11.0 Å². The van der Waals surface area contributed by atoms with E-state index < -0.39 is 0 Å². The van der Waals surface area contributed by atoms with Gasteiger partial charge in [-0.25, -0.2) is 4.79 Å². The monoisotopic (exact) mass is 336 g/mol. The maximum Gasteiger partial charge on any atom is 0.319 e. The minimum Gasteiger partial charge on any atom is -0.495 e. The van der Waals surface area contributed by atoms with Crippen LogP contribution >= 0.6 is 11.3 Å². The number of ether oxygens (including phenoxy) is 2. The summed E-state index contributed by atoms with van der Waals surface area (Å²) >= 11 is 1.54. The lowest BCUT2D eigenvalue weighted by Gasteiger charge is -2.17. The van der Waals surface area contributed by atoms with Crippen molar-refractivity contribution in [3.63, 3.8) is 0 Å². The van der Waals surface area contributed by atoms with Gasteiger partial charge < -0.3 is 25.2 Å². The smallest absolute Gasteiger partial charge is 0.319 e. The van der Waals surface area contributed by atoms with Gasteiger partial charge in [-0.1, -0.05) is 18.2 Å². The van der Waals surface area contributed by atoms with Crippen LogP contribution < -0.4 is 15.4 Å². The fraction of sp³-hybridized carbons (Fsp3) is 0.312. The summed E-state index contributed by atoms with van der Waals surface area (Å²) in [7, 11) is 1.55. The molecule has 124 valence electrons. The highest BCUT2D eigenvalue weighted by Gasteiger charge is 2.15. The summed E-state index contributed by atoms with van der Waals surface area (Å²) in [6, 6.07) is 10.7. The molecule has 7 heteroatoms. The number of hydrogen-bond acceptors (Lipinski definition) is 5. The third-order valence-corrected chi connectivity index (χ3v) is 4.04. The molecule has 1 aromatic heterocycles. The highest BCUT2D eigenvalue weighted by atomic mass is 32.1. The van der Waals surface area contributed by atoms with Gasteiger partial charge in [-0.15, -0.1) is 11.3 Å². The number of nitrogens with one attached hydrogen (secondary N) is 2. The molecule has 3 N–H and O–H groups in total. The number of urea groups is 1. The van der Waals surface area contributed by atoms with Gasteiger partial charge in [0.2, 0.25) is 0 Å². The fourth-order valence-corrected chi connectivity index (χ4v) is 2.79. The topological polar surface area (TPSA) is 79.8 Å². The predicted octanol–water partition coefficient (Wildman–Crippen LogP) is 2.63. The molecule has 0 saturated carbocycles. The standard InChI is InChI=1S/C16H20N2O4S/c1-21-13-6-3-2-5-12(13)18-16(20)17-11-14(22-9-8-19)15-7-4-10-23-15/h2-7,10,14,19H,8-9,11H2,1H3,(H2,17,18,20). The van der Waals surface area contributed by atoms with Gasteiger partial charge in [-0.2, -0.15) is 0 Å². The van der Waals surface area contributed by atoms with Gasteiger partial charge in [0.05, 0.1) is 32.6 Å². The number of para-hydroxylation sites is 2. The number of benzene rings is 1. The van der Waals surface area contributed by atoms with Crippen LogP contribution in [0.5, 0.6) is 5.75 Å². The Hall–Kier alpha value is -2.09. The molecule has 0 aliphatic heterocycles. The number of rotatable bonds is 8. The van der Waals surface area contributed by atoms with E-state index in [1.54, 1.807) is 30.6 Å². The van der Waals surface area contributed by atoms with Crippen LogP contribution in [0.3, 0.4) is 0 Å². The number of anilines is 1. The number of amides is 2. The predicted molar refractivity (Wildman–Crippen MR) is 90.1 cm³/mol. The van der Waals surface area contributed by atoms with Crippen molar-refractivity contribution in [1.29, 1.82) is 0 Å². The quantitative estimate of drug-likeness (QED) is 0.692. The minimum atomic E-state index is -0.344. The largest absolute Gasteiger partial charge is 0.495 e. The Labute approximate surface area is 139 Å². The number of hydrogen-bond donors (Lipinski definition) is 3. The van der Waals surface area contributed by atoms with Crippen molar-refractivity contribution in [2.24, 2.45) is 0 Å². The number of methoxy groups -OCH3 is 1. The maximum atomic E-state index is 12.0. The van der Waals surface area contributed by atoms with Crippen LogP contribution in [0.15, 0.2) is 41.8 Å². The van der Waals surface area contributed by atoms with Gasteiger partial charge >= 0.3 is 6.03 Å². The first-order valence-electron chi connectivity index (χ1n) is 7.18. The average Bonchev–Trinajstić information content (AvgIpc) is 3.10. The second kappa shape index (κ2) is 9.14. The molecule has 6 nitrogen and oxygen atoms in total. The van der Waals surface area contributed by atoms with E-state index in [0.29, 0.717) is 18.0 Å². The first-order valence-corrected chi connectivity index (χ1v) is 8.06. The summed E-state index contributed by atoms with van der Waals surface area (Å²) in [6.07, 6.45) is -0.287. The Bertz CT molecular complexity index is 604. The van der Waals surface area contributed by atoms with Gasteiger partial charge in [0.15, 0.2) is 0 Å². The minimum absolute atomic E-state index is 0.0602. The average molecular weight is 336 g/mol. The fourth-order valence-electron chi connectivity index (χ4n) is 2.01. The second-order valence-corrected chi connectivity index (χ2v) is 5.61. The maximum absolute atomic E-state index is 12.0. The zero-order valence-corrected chi connectivity index (χ0v) is 13.6. The first kappa shape index (κ1) is 17.3.